The molecule has 0 atom stereocenters. The molecule has 0 aromatic carbocycles. The van der Waals surface area contributed by atoms with E-state index in [1.807, 2.05) is 0 Å². The minimum Gasteiger partial charge on any atom is -0.362 e. The topological polar surface area (TPSA) is 68.1 Å². The molecule has 15 heavy (non-hydrogen) atoms. The molecule has 1 aromatic heterocycles. The molecule has 5 nitrogen and oxygen atoms in total. The summed E-state index contributed by atoms with van der Waals surface area (Å²) in [6.07, 6.45) is 4.66. The average molecular weight is 228 g/mol. The first kappa shape index (κ1) is 10.2. The lowest BCUT2D eigenvalue weighted by Crippen LogP contribution is -2.27. The lowest BCUT2D eigenvalue weighted by Gasteiger charge is -2.26. The maximum absolute atomic E-state index is 10.7. The quantitative estimate of drug-likeness (QED) is 0.637. The van der Waals surface area contributed by atoms with Crippen molar-refractivity contribution >= 4 is 23.1 Å². The first-order valence-electron chi connectivity index (χ1n) is 4.73. The van der Waals surface area contributed by atoms with Crippen LogP contribution in [-0.4, -0.2) is 15.9 Å². The number of aromatic nitrogens is 1. The van der Waals surface area contributed by atoms with E-state index in [1.54, 1.807) is 0 Å². The first-order valence-corrected chi connectivity index (χ1v) is 5.11. The van der Waals surface area contributed by atoms with E-state index in [-0.39, 0.29) is 10.7 Å². The maximum Gasteiger partial charge on any atom is 0.312 e. The van der Waals surface area contributed by atoms with Gasteiger partial charge in [0.05, 0.1) is 9.95 Å². The molecule has 6 heteroatoms. The van der Waals surface area contributed by atoms with E-state index in [9.17, 15) is 10.1 Å². The molecule has 0 bridgehead atoms. The second-order valence-corrected chi connectivity index (χ2v) is 3.99. The van der Waals surface area contributed by atoms with Crippen LogP contribution in [0.5, 0.6) is 0 Å². The van der Waals surface area contributed by atoms with Crippen molar-refractivity contribution in [3.63, 3.8) is 0 Å². The molecule has 1 aromatic rings. The molecule has 0 spiro atoms. The van der Waals surface area contributed by atoms with Gasteiger partial charge in [0.2, 0.25) is 5.82 Å². The lowest BCUT2D eigenvalue weighted by molar-refractivity contribution is -0.384. The highest BCUT2D eigenvalue weighted by molar-refractivity contribution is 6.30. The Hall–Kier alpha value is -1.36. The Bertz CT molecular complexity index is 393. The molecule has 1 aliphatic carbocycles. The fourth-order valence-corrected chi connectivity index (χ4v) is 1.58. The van der Waals surface area contributed by atoms with Crippen LogP contribution in [0, 0.1) is 10.1 Å². The van der Waals surface area contributed by atoms with Crippen molar-refractivity contribution in [3.05, 3.63) is 27.4 Å². The van der Waals surface area contributed by atoms with Crippen molar-refractivity contribution in [2.75, 3.05) is 5.32 Å². The molecule has 0 aliphatic heterocycles. The van der Waals surface area contributed by atoms with E-state index in [1.165, 1.54) is 18.7 Å². The summed E-state index contributed by atoms with van der Waals surface area (Å²) >= 11 is 5.65. The van der Waals surface area contributed by atoms with Crippen molar-refractivity contribution in [2.45, 2.75) is 25.3 Å². The highest BCUT2D eigenvalue weighted by Crippen LogP contribution is 2.29. The van der Waals surface area contributed by atoms with Gasteiger partial charge in [-0.15, -0.1) is 0 Å². The van der Waals surface area contributed by atoms with Crippen LogP contribution >= 0.6 is 11.6 Å². The number of nitrogens with one attached hydrogen (secondary N) is 1. The molecule has 0 amide bonds. The number of halogens is 1. The second kappa shape index (κ2) is 4.02. The Morgan fingerprint density at radius 2 is 2.33 bits per heavy atom. The van der Waals surface area contributed by atoms with Gasteiger partial charge in [-0.3, -0.25) is 10.1 Å². The minimum atomic E-state index is -0.472. The summed E-state index contributed by atoms with van der Waals surface area (Å²) in [5, 5.41) is 14.1. The number of pyridine rings is 1. The Kier molecular flexibility index (Phi) is 2.73. The van der Waals surface area contributed by atoms with Gasteiger partial charge < -0.3 is 5.32 Å². The number of hydrogen-bond acceptors (Lipinski definition) is 4. The summed E-state index contributed by atoms with van der Waals surface area (Å²) in [6, 6.07) is 1.63. The van der Waals surface area contributed by atoms with Crippen LogP contribution in [0.3, 0.4) is 0 Å². The molecule has 0 saturated heterocycles. The zero-order valence-corrected chi connectivity index (χ0v) is 8.70. The van der Waals surface area contributed by atoms with Crippen molar-refractivity contribution < 1.29 is 4.92 Å². The van der Waals surface area contributed by atoms with Crippen LogP contribution in [0.1, 0.15) is 19.3 Å². The molecule has 1 N–H and O–H groups in total. The van der Waals surface area contributed by atoms with E-state index in [4.69, 9.17) is 11.6 Å². The van der Waals surface area contributed by atoms with Gasteiger partial charge in [0.25, 0.3) is 0 Å². The van der Waals surface area contributed by atoms with Crippen molar-refractivity contribution in [2.24, 2.45) is 0 Å². The van der Waals surface area contributed by atoms with Gasteiger partial charge in [0.1, 0.15) is 0 Å². The van der Waals surface area contributed by atoms with E-state index in [2.05, 4.69) is 10.3 Å². The van der Waals surface area contributed by atoms with Crippen LogP contribution < -0.4 is 5.32 Å². The summed E-state index contributed by atoms with van der Waals surface area (Å²) in [6.45, 7) is 0. The summed E-state index contributed by atoms with van der Waals surface area (Å²) in [5.41, 5.74) is -0.0607. The van der Waals surface area contributed by atoms with Crippen molar-refractivity contribution in [1.82, 2.24) is 4.98 Å². The molecule has 1 fully saturated rings. The van der Waals surface area contributed by atoms with Gasteiger partial charge in [-0.25, -0.2) is 4.98 Å². The lowest BCUT2D eigenvalue weighted by atomic mass is 9.93. The fourth-order valence-electron chi connectivity index (χ4n) is 1.42. The third-order valence-corrected chi connectivity index (χ3v) is 2.68. The van der Waals surface area contributed by atoms with Crippen LogP contribution in [0.15, 0.2) is 12.3 Å². The molecule has 1 aliphatic rings. The average Bonchev–Trinajstić information content (AvgIpc) is 2.12. The highest BCUT2D eigenvalue weighted by Gasteiger charge is 2.22. The number of hydrogen-bond donors (Lipinski definition) is 1. The van der Waals surface area contributed by atoms with Crippen LogP contribution in [0.4, 0.5) is 11.5 Å². The van der Waals surface area contributed by atoms with Gasteiger partial charge in [0.15, 0.2) is 0 Å². The Balaban J connectivity index is 2.23. The van der Waals surface area contributed by atoms with Gasteiger partial charge in [-0.2, -0.15) is 0 Å². The zero-order valence-electron chi connectivity index (χ0n) is 7.94. The van der Waals surface area contributed by atoms with Gasteiger partial charge in [-0.05, 0) is 19.3 Å². The minimum absolute atomic E-state index is 0.0607. The standard InChI is InChI=1S/C9H10ClN3O2/c10-6-4-8(13(14)15)9(11-5-6)12-7-2-1-3-7/h4-5,7H,1-3H2,(H,11,12). The monoisotopic (exact) mass is 227 g/mol. The van der Waals surface area contributed by atoms with Crippen molar-refractivity contribution in [1.29, 1.82) is 0 Å². The first-order chi connectivity index (χ1) is 7.16. The predicted molar refractivity (Wildman–Crippen MR) is 57.2 cm³/mol. The largest absolute Gasteiger partial charge is 0.362 e. The normalized spacial score (nSPS) is 15.8. The summed E-state index contributed by atoms with van der Waals surface area (Å²) in [4.78, 5) is 14.2. The fraction of sp³-hybridized carbons (Fsp3) is 0.444. The number of anilines is 1. The third kappa shape index (κ3) is 2.18. The second-order valence-electron chi connectivity index (χ2n) is 3.55. The SMILES string of the molecule is O=[N+]([O-])c1cc(Cl)cnc1NC1CCC1. The molecule has 2 rings (SSSR count). The molecule has 1 heterocycles. The van der Waals surface area contributed by atoms with Gasteiger partial charge in [0, 0.05) is 18.3 Å². The molecule has 1 saturated carbocycles. The number of nitro groups is 1. The molecule has 0 unspecified atom stereocenters. The highest BCUT2D eigenvalue weighted by atomic mass is 35.5. The predicted octanol–water partition coefficient (Wildman–Crippen LogP) is 2.61. The summed E-state index contributed by atoms with van der Waals surface area (Å²) in [7, 11) is 0. The van der Waals surface area contributed by atoms with Crippen molar-refractivity contribution in [3.8, 4) is 0 Å². The van der Waals surface area contributed by atoms with Crippen LogP contribution in [0.2, 0.25) is 5.02 Å². The zero-order chi connectivity index (χ0) is 10.8. The van der Waals surface area contributed by atoms with E-state index in [0.29, 0.717) is 11.9 Å². The van der Waals surface area contributed by atoms with Crippen LogP contribution in [-0.2, 0) is 0 Å². The molecular formula is C9H10ClN3O2. The third-order valence-electron chi connectivity index (χ3n) is 2.48. The Morgan fingerprint density at radius 3 is 2.87 bits per heavy atom. The summed E-state index contributed by atoms with van der Waals surface area (Å²) < 4.78 is 0. The molecule has 80 valence electrons. The molecule has 0 radical (unpaired) electrons. The van der Waals surface area contributed by atoms with E-state index in [0.717, 1.165) is 12.8 Å². The Labute approximate surface area is 91.6 Å². The van der Waals surface area contributed by atoms with Crippen LogP contribution in [0.25, 0.3) is 0 Å². The van der Waals surface area contributed by atoms with Gasteiger partial charge in [-0.1, -0.05) is 11.6 Å². The smallest absolute Gasteiger partial charge is 0.312 e. The van der Waals surface area contributed by atoms with E-state index >= 15 is 0 Å². The maximum atomic E-state index is 10.7. The number of nitrogens with zero attached hydrogens (tertiary/aromatic N) is 2. The van der Waals surface area contributed by atoms with E-state index < -0.39 is 4.92 Å². The molecular weight excluding hydrogens is 218 g/mol. The Morgan fingerprint density at radius 1 is 1.60 bits per heavy atom. The number of rotatable bonds is 3. The summed E-state index contributed by atoms with van der Waals surface area (Å²) in [5.74, 6) is 0.314. The van der Waals surface area contributed by atoms with Gasteiger partial charge >= 0.3 is 5.69 Å².